The van der Waals surface area contributed by atoms with E-state index in [0.717, 1.165) is 21.5 Å². The fraction of sp³-hybridized carbons (Fsp3) is 0.588. The van der Waals surface area contributed by atoms with Crippen LogP contribution in [-0.2, 0) is 9.53 Å². The van der Waals surface area contributed by atoms with Crippen molar-refractivity contribution >= 4 is 39.4 Å². The number of amides is 2. The van der Waals surface area contributed by atoms with E-state index in [1.54, 1.807) is 23.0 Å². The van der Waals surface area contributed by atoms with Crippen LogP contribution in [0.4, 0.5) is 16.3 Å². The predicted molar refractivity (Wildman–Crippen MR) is 99.0 cm³/mol. The Morgan fingerprint density at radius 1 is 1.36 bits per heavy atom. The van der Waals surface area contributed by atoms with Crippen molar-refractivity contribution in [2.24, 2.45) is 0 Å². The Morgan fingerprint density at radius 2 is 2.04 bits per heavy atom. The number of hydrogen-bond acceptors (Lipinski definition) is 5. The number of piperazine rings is 1. The van der Waals surface area contributed by atoms with Gasteiger partial charge in [-0.2, -0.15) is 0 Å². The minimum Gasteiger partial charge on any atom is -0.444 e. The van der Waals surface area contributed by atoms with E-state index in [1.165, 1.54) is 0 Å². The molecule has 3 heterocycles. The van der Waals surface area contributed by atoms with Crippen LogP contribution in [0.5, 0.6) is 0 Å². The predicted octanol–water partition coefficient (Wildman–Crippen LogP) is 2.55. The van der Waals surface area contributed by atoms with Gasteiger partial charge in [0.1, 0.15) is 11.6 Å². The third kappa shape index (κ3) is 3.19. The van der Waals surface area contributed by atoms with Crippen molar-refractivity contribution in [3.8, 4) is 0 Å². The average molecular weight is 411 g/mol. The molecule has 2 amide bonds. The zero-order chi connectivity index (χ0) is 18.5. The molecule has 0 bridgehead atoms. The number of aromatic nitrogens is 1. The van der Waals surface area contributed by atoms with E-state index < -0.39 is 11.6 Å². The molecule has 1 unspecified atom stereocenters. The number of pyridine rings is 1. The number of halogens is 1. The minimum atomic E-state index is -0.556. The van der Waals surface area contributed by atoms with E-state index in [2.05, 4.69) is 20.9 Å². The van der Waals surface area contributed by atoms with Gasteiger partial charge in [-0.05, 0) is 49.2 Å². The maximum absolute atomic E-state index is 12.9. The third-order valence-corrected chi connectivity index (χ3v) is 5.28. The quantitative estimate of drug-likeness (QED) is 0.657. The van der Waals surface area contributed by atoms with Crippen molar-refractivity contribution in [3.05, 3.63) is 16.2 Å². The first-order chi connectivity index (χ1) is 11.6. The molecule has 1 aromatic heterocycles. The Morgan fingerprint density at radius 3 is 2.68 bits per heavy atom. The molecule has 25 heavy (non-hydrogen) atoms. The van der Waals surface area contributed by atoms with Crippen LogP contribution in [0, 0.1) is 6.92 Å². The van der Waals surface area contributed by atoms with Crippen LogP contribution in [-0.4, -0.2) is 60.2 Å². The van der Waals surface area contributed by atoms with E-state index in [9.17, 15) is 9.59 Å². The van der Waals surface area contributed by atoms with Crippen LogP contribution in [0.25, 0.3) is 0 Å². The zero-order valence-corrected chi connectivity index (χ0v) is 16.8. The SMILES string of the molecule is Cc1c(Br)cnc2c1N(C)C(=O)C1CN(C(=O)OC(C)(C)C)CCN21. The molecular formula is C17H23BrN4O3. The highest BCUT2D eigenvalue weighted by Crippen LogP contribution is 2.39. The molecule has 1 atom stereocenters. The first-order valence-corrected chi connectivity index (χ1v) is 9.06. The third-order valence-electron chi connectivity index (χ3n) is 4.48. The van der Waals surface area contributed by atoms with E-state index in [-0.39, 0.29) is 12.0 Å². The number of carbonyl (C=O) groups excluding carboxylic acids is 2. The highest BCUT2D eigenvalue weighted by molar-refractivity contribution is 9.10. The number of fused-ring (bicyclic) bond motifs is 3. The van der Waals surface area contributed by atoms with Crippen molar-refractivity contribution in [2.45, 2.75) is 39.3 Å². The number of ether oxygens (including phenoxy) is 1. The first-order valence-electron chi connectivity index (χ1n) is 8.27. The molecule has 0 radical (unpaired) electrons. The summed E-state index contributed by atoms with van der Waals surface area (Å²) in [4.78, 5) is 35.0. The second kappa shape index (κ2) is 6.16. The van der Waals surface area contributed by atoms with Gasteiger partial charge < -0.3 is 19.4 Å². The van der Waals surface area contributed by atoms with Crippen LogP contribution in [0.3, 0.4) is 0 Å². The Balaban J connectivity index is 1.89. The first kappa shape index (κ1) is 18.0. The fourth-order valence-corrected chi connectivity index (χ4v) is 3.53. The maximum atomic E-state index is 12.9. The summed E-state index contributed by atoms with van der Waals surface area (Å²) in [5, 5.41) is 0. The summed E-state index contributed by atoms with van der Waals surface area (Å²) in [6, 6.07) is -0.438. The number of anilines is 2. The number of likely N-dealkylation sites (N-methyl/N-ethyl adjacent to an activating group) is 1. The van der Waals surface area contributed by atoms with Gasteiger partial charge in [-0.1, -0.05) is 0 Å². The van der Waals surface area contributed by atoms with Gasteiger partial charge in [-0.15, -0.1) is 0 Å². The Bertz CT molecular complexity index is 731. The van der Waals surface area contributed by atoms with Crippen molar-refractivity contribution in [3.63, 3.8) is 0 Å². The Kier molecular flexibility index (Phi) is 4.43. The number of nitrogens with zero attached hydrogens (tertiary/aromatic N) is 4. The molecule has 8 heteroatoms. The Hall–Kier alpha value is -1.83. The van der Waals surface area contributed by atoms with Crippen molar-refractivity contribution in [1.82, 2.24) is 9.88 Å². The molecule has 7 nitrogen and oxygen atoms in total. The molecule has 1 saturated heterocycles. The summed E-state index contributed by atoms with van der Waals surface area (Å²) in [7, 11) is 1.76. The topological polar surface area (TPSA) is 66.0 Å². The summed E-state index contributed by atoms with van der Waals surface area (Å²) in [6.07, 6.45) is 1.38. The smallest absolute Gasteiger partial charge is 0.410 e. The molecule has 2 aliphatic heterocycles. The highest BCUT2D eigenvalue weighted by atomic mass is 79.9. The van der Waals surface area contributed by atoms with Crippen LogP contribution in [0.15, 0.2) is 10.7 Å². The maximum Gasteiger partial charge on any atom is 0.410 e. The molecule has 0 N–H and O–H groups in total. The van der Waals surface area contributed by atoms with Crippen LogP contribution < -0.4 is 9.80 Å². The van der Waals surface area contributed by atoms with Gasteiger partial charge in [-0.25, -0.2) is 9.78 Å². The van der Waals surface area contributed by atoms with Crippen molar-refractivity contribution in [2.75, 3.05) is 36.5 Å². The van der Waals surface area contributed by atoms with E-state index in [0.29, 0.717) is 19.6 Å². The molecule has 136 valence electrons. The number of rotatable bonds is 0. The molecule has 1 aromatic rings. The van der Waals surface area contributed by atoms with E-state index >= 15 is 0 Å². The van der Waals surface area contributed by atoms with Crippen LogP contribution in [0.2, 0.25) is 0 Å². The molecule has 2 aliphatic rings. The van der Waals surface area contributed by atoms with Gasteiger partial charge in [0.15, 0.2) is 5.82 Å². The van der Waals surface area contributed by atoms with Gasteiger partial charge in [-0.3, -0.25) is 4.79 Å². The van der Waals surface area contributed by atoms with Crippen molar-refractivity contribution in [1.29, 1.82) is 0 Å². The van der Waals surface area contributed by atoms with Gasteiger partial charge in [0.2, 0.25) is 0 Å². The fourth-order valence-electron chi connectivity index (χ4n) is 3.24. The lowest BCUT2D eigenvalue weighted by atomic mass is 10.0. The zero-order valence-electron chi connectivity index (χ0n) is 15.2. The van der Waals surface area contributed by atoms with Gasteiger partial charge >= 0.3 is 6.09 Å². The molecule has 0 spiro atoms. The van der Waals surface area contributed by atoms with Gasteiger partial charge in [0.05, 0.1) is 12.2 Å². The molecule has 0 aliphatic carbocycles. The lowest BCUT2D eigenvalue weighted by Gasteiger charge is -2.46. The normalized spacial score (nSPS) is 20.3. The molecule has 0 saturated carbocycles. The summed E-state index contributed by atoms with van der Waals surface area (Å²) in [5.41, 5.74) is 1.24. The van der Waals surface area contributed by atoms with E-state index in [1.807, 2.05) is 32.6 Å². The van der Waals surface area contributed by atoms with Crippen LogP contribution >= 0.6 is 15.9 Å². The molecule has 3 rings (SSSR count). The number of carbonyl (C=O) groups is 2. The minimum absolute atomic E-state index is 0.0382. The standard InChI is InChI=1S/C17H23BrN4O3/c1-10-11(18)8-19-14-13(10)20(5)15(23)12-9-21(6-7-22(12)14)16(24)25-17(2,3)4/h8,12H,6-7,9H2,1-5H3. The largest absolute Gasteiger partial charge is 0.444 e. The van der Waals surface area contributed by atoms with E-state index in [4.69, 9.17) is 4.74 Å². The highest BCUT2D eigenvalue weighted by Gasteiger charge is 2.43. The Labute approximate surface area is 156 Å². The summed E-state index contributed by atoms with van der Waals surface area (Å²) in [6.45, 7) is 8.81. The lowest BCUT2D eigenvalue weighted by Crippen LogP contribution is -2.63. The molecule has 0 aromatic carbocycles. The lowest BCUT2D eigenvalue weighted by molar-refractivity contribution is -0.120. The molecule has 1 fully saturated rings. The second-order valence-electron chi connectivity index (χ2n) is 7.44. The average Bonchev–Trinajstić information content (AvgIpc) is 2.53. The van der Waals surface area contributed by atoms with Gasteiger partial charge in [0.25, 0.3) is 5.91 Å². The van der Waals surface area contributed by atoms with Gasteiger partial charge in [0, 0.05) is 30.8 Å². The summed E-state index contributed by atoms with van der Waals surface area (Å²) >= 11 is 3.48. The number of hydrogen-bond donors (Lipinski definition) is 0. The summed E-state index contributed by atoms with van der Waals surface area (Å²) < 4.78 is 6.32. The second-order valence-corrected chi connectivity index (χ2v) is 8.29. The summed E-state index contributed by atoms with van der Waals surface area (Å²) in [5.74, 6) is 0.750. The molecular weight excluding hydrogens is 388 g/mol. The monoisotopic (exact) mass is 410 g/mol. The van der Waals surface area contributed by atoms with Crippen molar-refractivity contribution < 1.29 is 14.3 Å². The van der Waals surface area contributed by atoms with Crippen LogP contribution in [0.1, 0.15) is 26.3 Å².